The van der Waals surface area contributed by atoms with Gasteiger partial charge < -0.3 is 5.11 Å². The Morgan fingerprint density at radius 2 is 2.00 bits per heavy atom. The molecule has 2 N–H and O–H groups in total. The molecule has 6 nitrogen and oxygen atoms in total. The van der Waals surface area contributed by atoms with Gasteiger partial charge in [-0.1, -0.05) is 19.3 Å². The van der Waals surface area contributed by atoms with Crippen LogP contribution in [0.3, 0.4) is 0 Å². The molecule has 1 saturated carbocycles. The van der Waals surface area contributed by atoms with Crippen molar-refractivity contribution in [3.63, 3.8) is 0 Å². The lowest BCUT2D eigenvalue weighted by molar-refractivity contribution is 0.0701. The average Bonchev–Trinajstić information content (AvgIpc) is 2.79. The van der Waals surface area contributed by atoms with Gasteiger partial charge in [-0.25, -0.2) is 4.79 Å². The van der Waals surface area contributed by atoms with E-state index < -0.39 is 16.2 Å². The molecular weight excluding hydrogens is 312 g/mol. The second-order valence-corrected chi connectivity index (χ2v) is 8.13. The predicted octanol–water partition coefficient (Wildman–Crippen LogP) is 2.68. The van der Waals surface area contributed by atoms with Gasteiger partial charge in [0.1, 0.15) is 9.88 Å². The third-order valence-electron chi connectivity index (χ3n) is 3.81. The largest absolute Gasteiger partial charge is 0.477 e. The summed E-state index contributed by atoms with van der Waals surface area (Å²) in [5, 5.41) is 9.35. The van der Waals surface area contributed by atoms with Crippen LogP contribution in [-0.2, 0) is 10.2 Å². The lowest BCUT2D eigenvalue weighted by atomic mass is 9.96. The zero-order valence-corrected chi connectivity index (χ0v) is 13.8. The van der Waals surface area contributed by atoms with Gasteiger partial charge in [0.05, 0.1) is 0 Å². The predicted molar refractivity (Wildman–Crippen MR) is 83.2 cm³/mol. The Labute approximate surface area is 129 Å². The van der Waals surface area contributed by atoms with Crippen molar-refractivity contribution in [1.82, 2.24) is 4.31 Å². The first-order chi connectivity index (χ1) is 9.81. The molecule has 0 bridgehead atoms. The number of aryl methyl sites for hydroxylation is 1. The minimum atomic E-state index is -3.64. The normalized spacial score (nSPS) is 17.1. The van der Waals surface area contributed by atoms with Crippen LogP contribution >= 0.6 is 11.3 Å². The fraction of sp³-hybridized carbons (Fsp3) is 0.615. The molecule has 0 amide bonds. The number of carboxylic acid groups (broad SMARTS) is 1. The number of aromatic carboxylic acids is 1. The molecule has 0 radical (unpaired) electrons. The molecule has 0 atom stereocenters. The van der Waals surface area contributed by atoms with Gasteiger partial charge in [0.2, 0.25) is 0 Å². The van der Waals surface area contributed by atoms with Gasteiger partial charge in [0, 0.05) is 13.1 Å². The third kappa shape index (κ3) is 3.75. The number of hydrogen-bond donors (Lipinski definition) is 2. The molecule has 1 aliphatic rings. The van der Waals surface area contributed by atoms with Crippen molar-refractivity contribution in [2.45, 2.75) is 45.1 Å². The highest BCUT2D eigenvalue weighted by atomic mass is 32.2. The smallest absolute Gasteiger partial charge is 0.346 e. The number of nitrogens with one attached hydrogen (secondary N) is 1. The van der Waals surface area contributed by atoms with Crippen LogP contribution in [0.1, 0.15) is 47.3 Å². The second-order valence-electron chi connectivity index (χ2n) is 5.34. The summed E-state index contributed by atoms with van der Waals surface area (Å²) in [6, 6.07) is 1.58. The molecule has 1 heterocycles. The molecule has 1 aromatic rings. The minimum Gasteiger partial charge on any atom is -0.477 e. The molecule has 0 aliphatic heterocycles. The van der Waals surface area contributed by atoms with Gasteiger partial charge in [-0.05, 0) is 31.4 Å². The highest BCUT2D eigenvalue weighted by molar-refractivity contribution is 7.90. The Hall–Kier alpha value is -1.12. The van der Waals surface area contributed by atoms with E-state index in [9.17, 15) is 13.2 Å². The molecule has 1 aromatic heterocycles. The number of anilines is 1. The summed E-state index contributed by atoms with van der Waals surface area (Å²) >= 11 is 0.942. The first-order valence-electron chi connectivity index (χ1n) is 6.91. The van der Waals surface area contributed by atoms with Crippen LogP contribution in [-0.4, -0.2) is 36.9 Å². The Morgan fingerprint density at radius 3 is 2.52 bits per heavy atom. The van der Waals surface area contributed by atoms with Crippen molar-refractivity contribution in [2.24, 2.45) is 0 Å². The Bertz CT molecular complexity index is 618. The highest BCUT2D eigenvalue weighted by Crippen LogP contribution is 2.29. The van der Waals surface area contributed by atoms with E-state index in [2.05, 4.69) is 4.72 Å². The number of thiophene rings is 1. The lowest BCUT2D eigenvalue weighted by Gasteiger charge is -2.30. The van der Waals surface area contributed by atoms with Crippen LogP contribution in [0.25, 0.3) is 0 Å². The zero-order chi connectivity index (χ0) is 15.6. The molecule has 1 aliphatic carbocycles. The highest BCUT2D eigenvalue weighted by Gasteiger charge is 2.28. The van der Waals surface area contributed by atoms with E-state index >= 15 is 0 Å². The summed E-state index contributed by atoms with van der Waals surface area (Å²) in [5.74, 6) is -1.04. The minimum absolute atomic E-state index is 0.0243. The van der Waals surface area contributed by atoms with Crippen LogP contribution < -0.4 is 4.72 Å². The molecule has 21 heavy (non-hydrogen) atoms. The maximum atomic E-state index is 12.4. The average molecular weight is 332 g/mol. The Morgan fingerprint density at radius 1 is 1.38 bits per heavy atom. The number of rotatable bonds is 5. The zero-order valence-electron chi connectivity index (χ0n) is 12.1. The maximum absolute atomic E-state index is 12.4. The van der Waals surface area contributed by atoms with Crippen molar-refractivity contribution in [3.05, 3.63) is 16.5 Å². The second kappa shape index (κ2) is 6.33. The van der Waals surface area contributed by atoms with Crippen molar-refractivity contribution in [3.8, 4) is 0 Å². The van der Waals surface area contributed by atoms with Gasteiger partial charge in [0.25, 0.3) is 0 Å². The monoisotopic (exact) mass is 332 g/mol. The number of carbonyl (C=O) groups is 1. The number of nitrogens with zero attached hydrogens (tertiary/aromatic N) is 1. The van der Waals surface area contributed by atoms with Crippen LogP contribution in [0, 0.1) is 6.92 Å². The molecular formula is C13H20N2O4S2. The topological polar surface area (TPSA) is 86.7 Å². The fourth-order valence-corrected chi connectivity index (χ4v) is 4.89. The lowest BCUT2D eigenvalue weighted by Crippen LogP contribution is -2.41. The van der Waals surface area contributed by atoms with Crippen molar-refractivity contribution >= 4 is 32.5 Å². The summed E-state index contributed by atoms with van der Waals surface area (Å²) in [6.45, 7) is 1.66. The molecule has 0 unspecified atom stereocenters. The summed E-state index contributed by atoms with van der Waals surface area (Å²) < 4.78 is 28.6. The maximum Gasteiger partial charge on any atom is 0.346 e. The van der Waals surface area contributed by atoms with E-state index in [1.165, 1.54) is 4.31 Å². The van der Waals surface area contributed by atoms with E-state index in [0.717, 1.165) is 43.4 Å². The number of hydrogen-bond acceptors (Lipinski definition) is 4. The molecule has 0 spiro atoms. The Kier molecular flexibility index (Phi) is 4.90. The molecule has 1 fully saturated rings. The molecule has 0 aromatic carbocycles. The van der Waals surface area contributed by atoms with Crippen molar-refractivity contribution < 1.29 is 18.3 Å². The molecule has 8 heteroatoms. The first-order valence-corrected chi connectivity index (χ1v) is 9.16. The third-order valence-corrected chi connectivity index (χ3v) is 6.61. The van der Waals surface area contributed by atoms with Gasteiger partial charge in [-0.15, -0.1) is 11.3 Å². The van der Waals surface area contributed by atoms with E-state index in [4.69, 9.17) is 5.11 Å². The fourth-order valence-electron chi connectivity index (χ4n) is 2.58. The van der Waals surface area contributed by atoms with Gasteiger partial charge in [0.15, 0.2) is 0 Å². The van der Waals surface area contributed by atoms with E-state index in [-0.39, 0.29) is 10.9 Å². The summed E-state index contributed by atoms with van der Waals surface area (Å²) in [7, 11) is -2.06. The van der Waals surface area contributed by atoms with E-state index in [0.29, 0.717) is 10.6 Å². The van der Waals surface area contributed by atoms with Crippen LogP contribution in [0.5, 0.6) is 0 Å². The SMILES string of the molecule is Cc1cc(NS(=O)(=O)N(C)C2CCCCC2)sc1C(=O)O. The van der Waals surface area contributed by atoms with Gasteiger partial charge in [-0.3, -0.25) is 4.72 Å². The summed E-state index contributed by atoms with van der Waals surface area (Å²) in [4.78, 5) is 11.2. The van der Waals surface area contributed by atoms with Crippen LogP contribution in [0.4, 0.5) is 5.00 Å². The Balaban J connectivity index is 2.13. The standard InChI is InChI=1S/C13H20N2O4S2/c1-9-8-11(20-12(9)13(16)17)14-21(18,19)15(2)10-6-4-3-5-7-10/h8,10,14H,3-7H2,1-2H3,(H,16,17). The van der Waals surface area contributed by atoms with E-state index in [1.54, 1.807) is 20.0 Å². The van der Waals surface area contributed by atoms with Crippen molar-refractivity contribution in [2.75, 3.05) is 11.8 Å². The molecule has 118 valence electrons. The van der Waals surface area contributed by atoms with Gasteiger partial charge in [-0.2, -0.15) is 12.7 Å². The van der Waals surface area contributed by atoms with E-state index in [1.807, 2.05) is 0 Å². The van der Waals surface area contributed by atoms with Crippen LogP contribution in [0.2, 0.25) is 0 Å². The quantitative estimate of drug-likeness (QED) is 0.868. The first kappa shape index (κ1) is 16.3. The number of carboxylic acids is 1. The summed E-state index contributed by atoms with van der Waals surface area (Å²) in [6.07, 6.45) is 5.00. The molecule has 2 rings (SSSR count). The van der Waals surface area contributed by atoms with Crippen molar-refractivity contribution in [1.29, 1.82) is 0 Å². The molecule has 0 saturated heterocycles. The van der Waals surface area contributed by atoms with Crippen LogP contribution in [0.15, 0.2) is 6.07 Å². The summed E-state index contributed by atoms with van der Waals surface area (Å²) in [5.41, 5.74) is 0.561. The van der Waals surface area contributed by atoms with Gasteiger partial charge >= 0.3 is 16.2 Å².